The molecule has 0 unspecified atom stereocenters. The molecule has 0 heterocycles. The Balaban J connectivity index is 4.75. The van der Waals surface area contributed by atoms with Crippen LogP contribution in [-0.2, 0) is 14.3 Å². The number of hydrogen-bond donors (Lipinski definition) is 7. The summed E-state index contributed by atoms with van der Waals surface area (Å²) in [6, 6.07) is -1.10. The molecule has 0 bridgehead atoms. The molecule has 2 atom stereocenters. The summed E-state index contributed by atoms with van der Waals surface area (Å²) in [6.45, 7) is 2.44. The van der Waals surface area contributed by atoms with Gasteiger partial charge in [-0.15, -0.1) is 0 Å². The maximum Gasteiger partial charge on any atom is 0.404 e. The van der Waals surface area contributed by atoms with Gasteiger partial charge in [0.05, 0.1) is 12.6 Å². The van der Waals surface area contributed by atoms with Gasteiger partial charge in [0.1, 0.15) is 12.6 Å². The summed E-state index contributed by atoms with van der Waals surface area (Å²) in [5, 5.41) is 8.66. The zero-order valence-corrected chi connectivity index (χ0v) is 18.0. The fourth-order valence-electron chi connectivity index (χ4n) is 2.82. The van der Waals surface area contributed by atoms with Gasteiger partial charge in [-0.1, -0.05) is 6.42 Å². The number of nitrogens with two attached hydrogens (primary N) is 4. The normalized spacial score (nSPS) is 12.8. The van der Waals surface area contributed by atoms with E-state index in [9.17, 15) is 14.4 Å². The number of carbonyl (C=O) groups excluding carboxylic acids is 3. The largest absolute Gasteiger partial charge is 0.448 e. The highest BCUT2D eigenvalue weighted by molar-refractivity contribution is 5.88. The van der Waals surface area contributed by atoms with Gasteiger partial charge in [-0.2, -0.15) is 0 Å². The molecule has 0 spiro atoms. The molecule has 11 heteroatoms. The van der Waals surface area contributed by atoms with Crippen molar-refractivity contribution in [2.75, 3.05) is 39.3 Å². The van der Waals surface area contributed by atoms with E-state index in [4.69, 9.17) is 27.7 Å². The van der Waals surface area contributed by atoms with E-state index >= 15 is 0 Å². The highest BCUT2D eigenvalue weighted by Gasteiger charge is 2.23. The molecule has 0 aromatic rings. The fraction of sp³-hybridized carbons (Fsp3) is 0.842. The summed E-state index contributed by atoms with van der Waals surface area (Å²) in [5.41, 5.74) is 21.5. The molecule has 176 valence electrons. The monoisotopic (exact) mass is 431 g/mol. The quantitative estimate of drug-likeness (QED) is 0.121. The lowest BCUT2D eigenvalue weighted by Gasteiger charge is -2.23. The lowest BCUT2D eigenvalue weighted by atomic mass is 10.1. The molecule has 0 rings (SSSR count). The average molecular weight is 432 g/mol. The molecule has 0 aromatic carbocycles. The third-order valence-electron chi connectivity index (χ3n) is 4.47. The number of hydrogen-bond acceptors (Lipinski definition) is 8. The molecule has 11 nitrogen and oxygen atoms in total. The van der Waals surface area contributed by atoms with Crippen LogP contribution in [0.25, 0.3) is 0 Å². The van der Waals surface area contributed by atoms with Crippen LogP contribution in [0.2, 0.25) is 0 Å². The van der Waals surface area contributed by atoms with Gasteiger partial charge < -0.3 is 43.6 Å². The van der Waals surface area contributed by atoms with Crippen LogP contribution < -0.4 is 38.9 Å². The van der Waals surface area contributed by atoms with Crippen LogP contribution >= 0.6 is 0 Å². The van der Waals surface area contributed by atoms with Gasteiger partial charge in [0.15, 0.2) is 0 Å². The van der Waals surface area contributed by atoms with E-state index in [1.807, 2.05) is 0 Å². The minimum absolute atomic E-state index is 0.0300. The molecule has 0 saturated heterocycles. The summed E-state index contributed by atoms with van der Waals surface area (Å²) in [7, 11) is 0. The third-order valence-corrected chi connectivity index (χ3v) is 4.47. The summed E-state index contributed by atoms with van der Waals surface area (Å²) in [4.78, 5) is 35.9. The Morgan fingerprint density at radius 2 is 1.40 bits per heavy atom. The number of unbranched alkanes of at least 4 members (excludes halogenated alkanes) is 3. The molecule has 0 saturated carbocycles. The van der Waals surface area contributed by atoms with Crippen LogP contribution in [0, 0.1) is 0 Å². The smallest absolute Gasteiger partial charge is 0.404 e. The van der Waals surface area contributed by atoms with Gasteiger partial charge in [0, 0.05) is 0 Å². The SMILES string of the molecule is NCCCCNCC(=O)N[C@@H](CCCCN)C(=O)N[C@H](CCCCN)COC(N)=O. The van der Waals surface area contributed by atoms with Crippen LogP contribution in [0.15, 0.2) is 0 Å². The lowest BCUT2D eigenvalue weighted by molar-refractivity contribution is -0.129. The van der Waals surface area contributed by atoms with Crippen molar-refractivity contribution in [3.63, 3.8) is 0 Å². The second-order valence-corrected chi connectivity index (χ2v) is 7.20. The Morgan fingerprint density at radius 3 is 2.00 bits per heavy atom. The Bertz CT molecular complexity index is 480. The maximum atomic E-state index is 12.8. The van der Waals surface area contributed by atoms with E-state index in [2.05, 4.69) is 16.0 Å². The molecule has 11 N–H and O–H groups in total. The molecule has 0 radical (unpaired) electrons. The van der Waals surface area contributed by atoms with Gasteiger partial charge in [0.2, 0.25) is 11.8 Å². The van der Waals surface area contributed by atoms with Crippen LogP contribution in [0.4, 0.5) is 4.79 Å². The summed E-state index contributed by atoms with van der Waals surface area (Å²) in [5.74, 6) is -0.585. The molecular formula is C19H41N7O4. The van der Waals surface area contributed by atoms with E-state index in [0.29, 0.717) is 45.4 Å². The van der Waals surface area contributed by atoms with E-state index in [-0.39, 0.29) is 25.0 Å². The van der Waals surface area contributed by atoms with Crippen molar-refractivity contribution in [2.45, 2.75) is 63.5 Å². The second-order valence-electron chi connectivity index (χ2n) is 7.20. The number of carbonyl (C=O) groups is 3. The molecule has 3 amide bonds. The summed E-state index contributed by atoms with van der Waals surface area (Å²) in [6.07, 6.45) is 4.93. The van der Waals surface area contributed by atoms with Gasteiger partial charge in [-0.25, -0.2) is 4.79 Å². The lowest BCUT2D eigenvalue weighted by Crippen LogP contribution is -2.52. The zero-order chi connectivity index (χ0) is 22.6. The first-order valence-corrected chi connectivity index (χ1v) is 10.8. The molecule has 0 aromatic heterocycles. The predicted molar refractivity (Wildman–Crippen MR) is 116 cm³/mol. The van der Waals surface area contributed by atoms with E-state index in [0.717, 1.165) is 32.1 Å². The van der Waals surface area contributed by atoms with Crippen molar-refractivity contribution in [1.82, 2.24) is 16.0 Å². The summed E-state index contributed by atoms with van der Waals surface area (Å²) < 4.78 is 4.85. The van der Waals surface area contributed by atoms with Crippen molar-refractivity contribution < 1.29 is 19.1 Å². The van der Waals surface area contributed by atoms with Gasteiger partial charge >= 0.3 is 6.09 Å². The Morgan fingerprint density at radius 1 is 0.800 bits per heavy atom. The van der Waals surface area contributed by atoms with Crippen LogP contribution in [0.5, 0.6) is 0 Å². The van der Waals surface area contributed by atoms with Crippen LogP contribution in [-0.4, -0.2) is 69.3 Å². The van der Waals surface area contributed by atoms with Crippen LogP contribution in [0.3, 0.4) is 0 Å². The van der Waals surface area contributed by atoms with Crippen LogP contribution in [0.1, 0.15) is 51.4 Å². The molecule has 0 fully saturated rings. The fourth-order valence-corrected chi connectivity index (χ4v) is 2.82. The van der Waals surface area contributed by atoms with E-state index in [1.54, 1.807) is 0 Å². The predicted octanol–water partition coefficient (Wildman–Crippen LogP) is -1.36. The highest BCUT2D eigenvalue weighted by atomic mass is 16.5. The van der Waals surface area contributed by atoms with Gasteiger partial charge in [-0.3, -0.25) is 9.59 Å². The first-order valence-electron chi connectivity index (χ1n) is 10.8. The summed E-state index contributed by atoms with van der Waals surface area (Å²) >= 11 is 0. The number of nitrogens with one attached hydrogen (secondary N) is 3. The Kier molecular flexibility index (Phi) is 17.8. The third kappa shape index (κ3) is 15.9. The number of primary amides is 1. The zero-order valence-electron chi connectivity index (χ0n) is 18.0. The molecule has 30 heavy (non-hydrogen) atoms. The number of rotatable bonds is 19. The highest BCUT2D eigenvalue weighted by Crippen LogP contribution is 2.05. The maximum absolute atomic E-state index is 12.8. The van der Waals surface area contributed by atoms with Crippen molar-refractivity contribution in [2.24, 2.45) is 22.9 Å². The number of ether oxygens (including phenoxy) is 1. The van der Waals surface area contributed by atoms with E-state index in [1.165, 1.54) is 0 Å². The first-order chi connectivity index (χ1) is 14.4. The van der Waals surface area contributed by atoms with Crippen molar-refractivity contribution in [1.29, 1.82) is 0 Å². The first kappa shape index (κ1) is 28.1. The standard InChI is InChI=1S/C19H41N7O4/c20-9-3-1-7-15(14-30-19(23)29)25-18(28)16(8-2-4-10-21)26-17(27)13-24-12-6-5-11-22/h15-16,24H,1-14,20-22H2,(H2,23,29)(H,25,28)(H,26,27)/t15-,16+/m1/s1. The van der Waals surface area contributed by atoms with E-state index < -0.39 is 18.2 Å². The second kappa shape index (κ2) is 19.0. The van der Waals surface area contributed by atoms with Crippen molar-refractivity contribution >= 4 is 17.9 Å². The van der Waals surface area contributed by atoms with Crippen molar-refractivity contribution in [3.05, 3.63) is 0 Å². The number of amides is 3. The minimum atomic E-state index is -0.901. The molecule has 0 aliphatic carbocycles. The molecule has 0 aliphatic rings. The molecule has 0 aliphatic heterocycles. The van der Waals surface area contributed by atoms with Gasteiger partial charge in [-0.05, 0) is 71.1 Å². The Labute approximate surface area is 179 Å². The average Bonchev–Trinajstić information content (AvgIpc) is 2.71. The topological polar surface area (TPSA) is 201 Å². The van der Waals surface area contributed by atoms with Gasteiger partial charge in [0.25, 0.3) is 0 Å². The molecular weight excluding hydrogens is 390 g/mol. The Hall–Kier alpha value is -1.95. The van der Waals surface area contributed by atoms with Crippen molar-refractivity contribution in [3.8, 4) is 0 Å². The minimum Gasteiger partial charge on any atom is -0.448 e.